The van der Waals surface area contributed by atoms with Crippen LogP contribution >= 0.6 is 0 Å². The summed E-state index contributed by atoms with van der Waals surface area (Å²) in [6.45, 7) is 3.82. The minimum absolute atomic E-state index is 0.0318. The highest BCUT2D eigenvalue weighted by Crippen LogP contribution is 2.17. The summed E-state index contributed by atoms with van der Waals surface area (Å²) in [5.74, 6) is -0.539. The molecule has 1 amide bonds. The lowest BCUT2D eigenvalue weighted by Gasteiger charge is -2.06. The van der Waals surface area contributed by atoms with Gasteiger partial charge in [-0.2, -0.15) is 0 Å². The van der Waals surface area contributed by atoms with Crippen LogP contribution in [-0.4, -0.2) is 15.5 Å². The Kier molecular flexibility index (Phi) is 2.30. The Labute approximate surface area is 91.9 Å². The van der Waals surface area contributed by atoms with Crippen LogP contribution in [0.2, 0.25) is 0 Å². The molecule has 2 aromatic rings. The molecule has 0 saturated carbocycles. The van der Waals surface area contributed by atoms with Crippen molar-refractivity contribution in [3.8, 4) is 0 Å². The predicted octanol–water partition coefficient (Wildman–Crippen LogP) is 1.01. The average molecular weight is 219 g/mol. The van der Waals surface area contributed by atoms with Gasteiger partial charge in [0, 0.05) is 6.04 Å². The minimum atomic E-state index is -0.539. The monoisotopic (exact) mass is 219 g/mol. The van der Waals surface area contributed by atoms with Gasteiger partial charge in [-0.1, -0.05) is 6.07 Å². The van der Waals surface area contributed by atoms with Crippen molar-refractivity contribution in [1.82, 2.24) is 9.55 Å². The second kappa shape index (κ2) is 3.52. The second-order valence-electron chi connectivity index (χ2n) is 3.96. The SMILES string of the molecule is CC(C)n1c(=O)[nH]c2c(C(N)=O)cccc21. The van der Waals surface area contributed by atoms with E-state index < -0.39 is 5.91 Å². The van der Waals surface area contributed by atoms with E-state index in [0.717, 1.165) is 0 Å². The molecule has 0 unspecified atom stereocenters. The molecule has 3 N–H and O–H groups in total. The van der Waals surface area contributed by atoms with Gasteiger partial charge in [-0.25, -0.2) is 4.79 Å². The van der Waals surface area contributed by atoms with Gasteiger partial charge in [0.05, 0.1) is 16.6 Å². The molecule has 5 heteroatoms. The van der Waals surface area contributed by atoms with Gasteiger partial charge >= 0.3 is 5.69 Å². The third-order valence-electron chi connectivity index (χ3n) is 2.53. The molecular formula is C11H13N3O2. The van der Waals surface area contributed by atoms with Crippen LogP contribution < -0.4 is 11.4 Å². The molecule has 0 aliphatic carbocycles. The Hall–Kier alpha value is -2.04. The number of hydrogen-bond acceptors (Lipinski definition) is 2. The number of para-hydroxylation sites is 1. The fourth-order valence-corrected chi connectivity index (χ4v) is 1.87. The maximum atomic E-state index is 11.7. The van der Waals surface area contributed by atoms with Crippen molar-refractivity contribution in [2.45, 2.75) is 19.9 Å². The lowest BCUT2D eigenvalue weighted by atomic mass is 10.1. The highest BCUT2D eigenvalue weighted by atomic mass is 16.1. The largest absolute Gasteiger partial charge is 0.366 e. The van der Waals surface area contributed by atoms with Crippen molar-refractivity contribution >= 4 is 16.9 Å². The van der Waals surface area contributed by atoms with Crippen LogP contribution in [0.3, 0.4) is 0 Å². The third-order valence-corrected chi connectivity index (χ3v) is 2.53. The number of imidazole rings is 1. The molecule has 84 valence electrons. The highest BCUT2D eigenvalue weighted by molar-refractivity contribution is 6.04. The van der Waals surface area contributed by atoms with E-state index in [1.54, 1.807) is 22.8 Å². The van der Waals surface area contributed by atoms with E-state index in [-0.39, 0.29) is 11.7 Å². The van der Waals surface area contributed by atoms with E-state index in [2.05, 4.69) is 4.98 Å². The number of carbonyl (C=O) groups excluding carboxylic acids is 1. The van der Waals surface area contributed by atoms with Crippen molar-refractivity contribution < 1.29 is 4.79 Å². The number of carbonyl (C=O) groups is 1. The first-order chi connectivity index (χ1) is 7.52. The summed E-state index contributed by atoms with van der Waals surface area (Å²) in [6.07, 6.45) is 0. The number of aromatic nitrogens is 2. The fourth-order valence-electron chi connectivity index (χ4n) is 1.87. The number of H-pyrrole nitrogens is 1. The van der Waals surface area contributed by atoms with Gasteiger partial charge in [-0.15, -0.1) is 0 Å². The summed E-state index contributed by atoms with van der Waals surface area (Å²) in [4.78, 5) is 25.6. The molecule has 1 heterocycles. The molecule has 0 spiro atoms. The minimum Gasteiger partial charge on any atom is -0.366 e. The Bertz CT molecular complexity index is 607. The van der Waals surface area contributed by atoms with Gasteiger partial charge in [0.1, 0.15) is 0 Å². The van der Waals surface area contributed by atoms with Crippen molar-refractivity contribution in [3.05, 3.63) is 34.2 Å². The van der Waals surface area contributed by atoms with Crippen molar-refractivity contribution in [2.75, 3.05) is 0 Å². The number of primary amides is 1. The summed E-state index contributed by atoms with van der Waals surface area (Å²) in [5.41, 5.74) is 6.58. The Morgan fingerprint density at radius 1 is 1.44 bits per heavy atom. The summed E-state index contributed by atoms with van der Waals surface area (Å²) < 4.78 is 1.60. The molecule has 0 aliphatic rings. The Morgan fingerprint density at radius 3 is 2.69 bits per heavy atom. The number of amides is 1. The molecule has 0 aliphatic heterocycles. The van der Waals surface area contributed by atoms with Crippen LogP contribution in [0.5, 0.6) is 0 Å². The summed E-state index contributed by atoms with van der Waals surface area (Å²) >= 11 is 0. The van der Waals surface area contributed by atoms with Gasteiger partial charge in [0.2, 0.25) is 0 Å². The summed E-state index contributed by atoms with van der Waals surface area (Å²) in [5, 5.41) is 0. The van der Waals surface area contributed by atoms with E-state index in [4.69, 9.17) is 5.73 Å². The molecule has 0 atom stereocenters. The molecule has 5 nitrogen and oxygen atoms in total. The predicted molar refractivity (Wildman–Crippen MR) is 61.5 cm³/mol. The molecule has 1 aromatic carbocycles. The lowest BCUT2D eigenvalue weighted by molar-refractivity contribution is 0.100. The lowest BCUT2D eigenvalue weighted by Crippen LogP contribution is -2.18. The molecule has 0 bridgehead atoms. The van der Waals surface area contributed by atoms with Gasteiger partial charge < -0.3 is 10.7 Å². The van der Waals surface area contributed by atoms with E-state index >= 15 is 0 Å². The number of nitrogens with one attached hydrogen (secondary N) is 1. The molecular weight excluding hydrogens is 206 g/mol. The van der Waals surface area contributed by atoms with E-state index in [0.29, 0.717) is 16.6 Å². The average Bonchev–Trinajstić information content (AvgIpc) is 2.52. The third kappa shape index (κ3) is 1.41. The van der Waals surface area contributed by atoms with Gasteiger partial charge in [-0.05, 0) is 26.0 Å². The Morgan fingerprint density at radius 2 is 2.12 bits per heavy atom. The number of benzene rings is 1. The van der Waals surface area contributed by atoms with Crippen molar-refractivity contribution in [3.63, 3.8) is 0 Å². The molecule has 16 heavy (non-hydrogen) atoms. The summed E-state index contributed by atoms with van der Waals surface area (Å²) in [6, 6.07) is 5.14. The van der Waals surface area contributed by atoms with Crippen LogP contribution in [0.15, 0.2) is 23.0 Å². The zero-order valence-corrected chi connectivity index (χ0v) is 9.15. The van der Waals surface area contributed by atoms with E-state index in [9.17, 15) is 9.59 Å². The zero-order chi connectivity index (χ0) is 11.9. The number of fused-ring (bicyclic) bond motifs is 1. The number of rotatable bonds is 2. The molecule has 0 radical (unpaired) electrons. The van der Waals surface area contributed by atoms with Crippen LogP contribution in [0, 0.1) is 0 Å². The quantitative estimate of drug-likeness (QED) is 0.790. The number of nitrogens with two attached hydrogens (primary N) is 1. The maximum absolute atomic E-state index is 11.7. The topological polar surface area (TPSA) is 80.9 Å². The smallest absolute Gasteiger partial charge is 0.326 e. The van der Waals surface area contributed by atoms with E-state index in [1.165, 1.54) is 0 Å². The van der Waals surface area contributed by atoms with Crippen LogP contribution in [-0.2, 0) is 0 Å². The normalized spacial score (nSPS) is 11.2. The van der Waals surface area contributed by atoms with Crippen LogP contribution in [0.25, 0.3) is 11.0 Å². The fraction of sp³-hybridized carbons (Fsp3) is 0.273. The Balaban J connectivity index is 2.88. The number of aromatic amines is 1. The zero-order valence-electron chi connectivity index (χ0n) is 9.15. The van der Waals surface area contributed by atoms with Crippen LogP contribution in [0.1, 0.15) is 30.2 Å². The summed E-state index contributed by atoms with van der Waals surface area (Å²) in [7, 11) is 0. The van der Waals surface area contributed by atoms with Gasteiger partial charge in [0.25, 0.3) is 5.91 Å². The van der Waals surface area contributed by atoms with Crippen molar-refractivity contribution in [1.29, 1.82) is 0 Å². The first kappa shape index (κ1) is 10.5. The first-order valence-corrected chi connectivity index (χ1v) is 5.05. The van der Waals surface area contributed by atoms with E-state index in [1.807, 2.05) is 13.8 Å². The molecule has 2 rings (SSSR count). The first-order valence-electron chi connectivity index (χ1n) is 5.05. The molecule has 0 fully saturated rings. The van der Waals surface area contributed by atoms with Crippen LogP contribution in [0.4, 0.5) is 0 Å². The molecule has 0 saturated heterocycles. The highest BCUT2D eigenvalue weighted by Gasteiger charge is 2.14. The van der Waals surface area contributed by atoms with Crippen molar-refractivity contribution in [2.24, 2.45) is 5.73 Å². The van der Waals surface area contributed by atoms with Gasteiger partial charge in [-0.3, -0.25) is 9.36 Å². The number of hydrogen-bond donors (Lipinski definition) is 2. The van der Waals surface area contributed by atoms with Gasteiger partial charge in [0.15, 0.2) is 0 Å². The maximum Gasteiger partial charge on any atom is 0.326 e. The number of nitrogens with zero attached hydrogens (tertiary/aromatic N) is 1. The molecule has 1 aromatic heterocycles. The second-order valence-corrected chi connectivity index (χ2v) is 3.96. The standard InChI is InChI=1S/C11H13N3O2/c1-6(2)14-8-5-3-4-7(10(12)15)9(8)13-11(14)16/h3-6H,1-2H3,(H2,12,15)(H,13,16).